The van der Waals surface area contributed by atoms with E-state index in [9.17, 15) is 17.2 Å². The van der Waals surface area contributed by atoms with Crippen molar-refractivity contribution in [3.63, 3.8) is 0 Å². The van der Waals surface area contributed by atoms with Crippen LogP contribution in [-0.2, 0) is 40.7 Å². The van der Waals surface area contributed by atoms with Crippen LogP contribution in [0.3, 0.4) is 0 Å². The molecular weight excluding hydrogens is 469 g/mol. The summed E-state index contributed by atoms with van der Waals surface area (Å²) in [6.45, 7) is 1.20. The molecule has 1 unspecified atom stereocenters. The Morgan fingerprint density at radius 3 is 1.76 bits per heavy atom. The van der Waals surface area contributed by atoms with Gasteiger partial charge in [-0.05, 0) is 45.4 Å². The molecule has 3 heterocycles. The Labute approximate surface area is 185 Å². The second-order valence-corrected chi connectivity index (χ2v) is 12.4. The Morgan fingerprint density at radius 2 is 1.34 bits per heavy atom. The Morgan fingerprint density at radius 1 is 0.862 bits per heavy atom. The Balaban J connectivity index is 1.70. The first-order valence-electron chi connectivity index (χ1n) is 8.75. The lowest BCUT2D eigenvalue weighted by Crippen LogP contribution is -2.37. The van der Waals surface area contributed by atoms with Crippen molar-refractivity contribution in [2.24, 2.45) is 0 Å². The van der Waals surface area contributed by atoms with Gasteiger partial charge >= 0.3 is 0 Å². The molecule has 0 aliphatic heterocycles. The van der Waals surface area contributed by atoms with Gasteiger partial charge in [0.05, 0.1) is 11.6 Å². The van der Waals surface area contributed by atoms with E-state index in [-0.39, 0.29) is 18.2 Å². The molecule has 0 spiro atoms. The van der Waals surface area contributed by atoms with E-state index in [1.54, 1.807) is 4.90 Å². The lowest BCUT2D eigenvalue weighted by molar-refractivity contribution is 0.317. The summed E-state index contributed by atoms with van der Waals surface area (Å²) in [6.07, 6.45) is 0. The fourth-order valence-corrected chi connectivity index (χ4v) is 7.03. The fraction of sp³-hybridized carbons (Fsp3) is 0.333. The molecular formula is C18H21N2O4S5-. The Hall–Kier alpha value is -0.920. The molecule has 0 aromatic carbocycles. The number of rotatable bonds is 12. The maximum absolute atomic E-state index is 13.1. The van der Waals surface area contributed by atoms with E-state index in [4.69, 9.17) is 0 Å². The van der Waals surface area contributed by atoms with E-state index in [1.165, 1.54) is 38.3 Å². The van der Waals surface area contributed by atoms with Crippen molar-refractivity contribution in [1.29, 1.82) is 0 Å². The van der Waals surface area contributed by atoms with Gasteiger partial charge in [-0.25, -0.2) is 8.42 Å². The third-order valence-corrected chi connectivity index (χ3v) is 9.03. The standard InChI is InChI=1S/C18H22N2O4S5/c21-28(22)15-19(12-16-4-1-8-25-16)7-11-29(23,24)20(13-17-5-2-9-26-17)14-18-6-3-10-27-18/h1-6,8-10H,7,11-15H2,(H,21,22)/p-1. The van der Waals surface area contributed by atoms with Gasteiger partial charge in [0.1, 0.15) is 0 Å². The van der Waals surface area contributed by atoms with Crippen molar-refractivity contribution in [3.05, 3.63) is 67.2 Å². The van der Waals surface area contributed by atoms with Gasteiger partial charge in [-0.2, -0.15) is 4.31 Å². The highest BCUT2D eigenvalue weighted by molar-refractivity contribution is 7.89. The van der Waals surface area contributed by atoms with Crippen molar-refractivity contribution in [1.82, 2.24) is 9.21 Å². The molecule has 3 aromatic heterocycles. The van der Waals surface area contributed by atoms with Crippen molar-refractivity contribution in [2.75, 3.05) is 18.2 Å². The van der Waals surface area contributed by atoms with Gasteiger partial charge in [-0.3, -0.25) is 9.11 Å². The molecule has 6 nitrogen and oxygen atoms in total. The van der Waals surface area contributed by atoms with Crippen LogP contribution >= 0.6 is 34.0 Å². The van der Waals surface area contributed by atoms with Gasteiger partial charge in [0.2, 0.25) is 10.0 Å². The molecule has 0 bridgehead atoms. The maximum atomic E-state index is 13.1. The quantitative estimate of drug-likeness (QED) is 0.364. The molecule has 29 heavy (non-hydrogen) atoms. The molecule has 11 heteroatoms. The van der Waals surface area contributed by atoms with Crippen LogP contribution in [0.2, 0.25) is 0 Å². The Bertz CT molecular complexity index is 934. The normalized spacial score (nSPS) is 13.3. The summed E-state index contributed by atoms with van der Waals surface area (Å²) >= 11 is 2.30. The lowest BCUT2D eigenvalue weighted by atomic mass is 10.4. The molecule has 158 valence electrons. The van der Waals surface area contributed by atoms with Crippen molar-refractivity contribution in [3.8, 4) is 0 Å². The molecule has 1 atom stereocenters. The monoisotopic (exact) mass is 489 g/mol. The number of thiophene rings is 3. The summed E-state index contributed by atoms with van der Waals surface area (Å²) in [5.74, 6) is -0.324. The van der Waals surface area contributed by atoms with Crippen LogP contribution < -0.4 is 0 Å². The molecule has 0 radical (unpaired) electrons. The summed E-state index contributed by atoms with van der Waals surface area (Å²) in [7, 11) is -3.58. The van der Waals surface area contributed by atoms with Gasteiger partial charge < -0.3 is 4.55 Å². The highest BCUT2D eigenvalue weighted by atomic mass is 32.2. The van der Waals surface area contributed by atoms with E-state index in [1.807, 2.05) is 52.5 Å². The first-order valence-corrected chi connectivity index (χ1v) is 14.2. The highest BCUT2D eigenvalue weighted by Crippen LogP contribution is 2.21. The lowest BCUT2D eigenvalue weighted by Gasteiger charge is -2.26. The summed E-state index contributed by atoms with van der Waals surface area (Å²) in [6, 6.07) is 11.5. The van der Waals surface area contributed by atoms with E-state index >= 15 is 0 Å². The maximum Gasteiger partial charge on any atom is 0.216 e. The van der Waals surface area contributed by atoms with Crippen LogP contribution in [0.4, 0.5) is 0 Å². The molecule has 0 fully saturated rings. The van der Waals surface area contributed by atoms with Crippen LogP contribution in [0.5, 0.6) is 0 Å². The number of hydrogen-bond donors (Lipinski definition) is 0. The third-order valence-electron chi connectivity index (χ3n) is 4.13. The van der Waals surface area contributed by atoms with E-state index in [0.717, 1.165) is 14.6 Å². The van der Waals surface area contributed by atoms with E-state index in [2.05, 4.69) is 0 Å². The van der Waals surface area contributed by atoms with Crippen LogP contribution in [0, 0.1) is 0 Å². The minimum atomic E-state index is -3.58. The molecule has 0 N–H and O–H groups in total. The zero-order valence-electron chi connectivity index (χ0n) is 15.5. The van der Waals surface area contributed by atoms with Gasteiger partial charge in [0, 0.05) is 40.8 Å². The number of nitrogens with zero attached hydrogens (tertiary/aromatic N) is 2. The average molecular weight is 490 g/mol. The van der Waals surface area contributed by atoms with Crippen molar-refractivity contribution in [2.45, 2.75) is 19.6 Å². The highest BCUT2D eigenvalue weighted by Gasteiger charge is 2.24. The van der Waals surface area contributed by atoms with Crippen molar-refractivity contribution >= 4 is 55.1 Å². The van der Waals surface area contributed by atoms with Crippen molar-refractivity contribution < 1.29 is 17.2 Å². The largest absolute Gasteiger partial charge is 0.771 e. The first kappa shape index (κ1) is 22.8. The topological polar surface area (TPSA) is 80.7 Å². The predicted octanol–water partition coefficient (Wildman–Crippen LogP) is 3.54. The average Bonchev–Trinajstić information content (AvgIpc) is 3.42. The summed E-state index contributed by atoms with van der Waals surface area (Å²) in [5, 5.41) is 5.78. The molecule has 0 aliphatic carbocycles. The summed E-state index contributed by atoms with van der Waals surface area (Å²) in [4.78, 5) is 4.60. The zero-order valence-corrected chi connectivity index (χ0v) is 19.6. The van der Waals surface area contributed by atoms with Crippen LogP contribution in [-0.4, -0.2) is 44.6 Å². The molecule has 0 aliphatic rings. The first-order chi connectivity index (χ1) is 13.9. The summed E-state index contributed by atoms with van der Waals surface area (Å²) < 4.78 is 50.2. The number of sulfonamides is 1. The summed E-state index contributed by atoms with van der Waals surface area (Å²) in [5.41, 5.74) is 0. The minimum absolute atomic E-state index is 0.133. The fourth-order valence-electron chi connectivity index (χ4n) is 2.74. The van der Waals surface area contributed by atoms with E-state index in [0.29, 0.717) is 19.6 Å². The SMILES string of the molecule is O=S([O-])CN(CCS(=O)(=O)N(Cc1cccs1)Cc1cccs1)Cc1cccs1. The minimum Gasteiger partial charge on any atom is -0.771 e. The molecule has 3 rings (SSSR count). The Kier molecular flexibility index (Phi) is 8.57. The number of hydrogen-bond acceptors (Lipinski definition) is 8. The van der Waals surface area contributed by atoms with Gasteiger partial charge in [0.15, 0.2) is 0 Å². The predicted molar refractivity (Wildman–Crippen MR) is 120 cm³/mol. The molecule has 0 amide bonds. The van der Waals surface area contributed by atoms with Crippen LogP contribution in [0.1, 0.15) is 14.6 Å². The molecule has 3 aromatic rings. The zero-order chi connectivity index (χ0) is 20.7. The smallest absolute Gasteiger partial charge is 0.216 e. The van der Waals surface area contributed by atoms with Gasteiger partial charge in [-0.15, -0.1) is 34.0 Å². The van der Waals surface area contributed by atoms with Gasteiger partial charge in [-0.1, -0.05) is 18.2 Å². The second kappa shape index (κ2) is 10.9. The van der Waals surface area contributed by atoms with Crippen LogP contribution in [0.15, 0.2) is 52.5 Å². The van der Waals surface area contributed by atoms with E-state index < -0.39 is 21.1 Å². The second-order valence-electron chi connectivity index (χ2n) is 6.31. The molecule has 0 saturated carbocycles. The van der Waals surface area contributed by atoms with Crippen LogP contribution in [0.25, 0.3) is 0 Å². The van der Waals surface area contributed by atoms with Gasteiger partial charge in [0.25, 0.3) is 0 Å². The molecule has 0 saturated heterocycles. The third kappa shape index (κ3) is 7.37.